The molecule has 1 heteroatoms. The van der Waals surface area contributed by atoms with Crippen molar-refractivity contribution < 1.29 is 5.11 Å². The molecule has 0 aromatic heterocycles. The van der Waals surface area contributed by atoms with Gasteiger partial charge in [0.1, 0.15) is 0 Å². The summed E-state index contributed by atoms with van der Waals surface area (Å²) >= 11 is 0. The van der Waals surface area contributed by atoms with Crippen LogP contribution in [0, 0.1) is 22.2 Å². The second-order valence-corrected chi connectivity index (χ2v) is 7.85. The Hall–Kier alpha value is -0.0400. The first kappa shape index (κ1) is 11.1. The van der Waals surface area contributed by atoms with Gasteiger partial charge in [-0.2, -0.15) is 0 Å². The normalized spacial score (nSPS) is 54.8. The smallest absolute Gasteiger partial charge is 0.0994 e. The molecule has 0 saturated heterocycles. The van der Waals surface area contributed by atoms with E-state index >= 15 is 0 Å². The molecule has 91 valence electrons. The van der Waals surface area contributed by atoms with Crippen molar-refractivity contribution in [2.24, 2.45) is 22.2 Å². The number of hydrogen-bond donors (Lipinski definition) is 0. The van der Waals surface area contributed by atoms with E-state index in [2.05, 4.69) is 20.8 Å². The average Bonchev–Trinajstić information content (AvgIpc) is 2.31. The van der Waals surface area contributed by atoms with Crippen LogP contribution in [0.25, 0.3) is 0 Å². The fourth-order valence-electron chi connectivity index (χ4n) is 5.60. The maximum Gasteiger partial charge on any atom is 0.0994 e. The van der Waals surface area contributed by atoms with Crippen molar-refractivity contribution in [1.29, 1.82) is 0 Å². The fraction of sp³-hybridized carbons (Fsp3) is 1.00. The molecule has 4 unspecified atom stereocenters. The number of rotatable bonds is 0. The summed E-state index contributed by atoms with van der Waals surface area (Å²) in [5.41, 5.74) is 1.01. The van der Waals surface area contributed by atoms with Crippen LogP contribution in [-0.4, -0.2) is 6.10 Å². The SMILES string of the molecule is CC12CCCC3(C1)C([O])CC(C)(C)C3CC2. The summed E-state index contributed by atoms with van der Waals surface area (Å²) in [5, 5.41) is 12.6. The molecule has 0 aromatic rings. The van der Waals surface area contributed by atoms with Crippen LogP contribution in [0.3, 0.4) is 0 Å². The quantitative estimate of drug-likeness (QED) is 0.584. The molecule has 3 aliphatic carbocycles. The zero-order chi connectivity index (χ0) is 11.6. The lowest BCUT2D eigenvalue weighted by molar-refractivity contribution is -0.112. The van der Waals surface area contributed by atoms with Gasteiger partial charge in [-0.1, -0.05) is 27.2 Å². The summed E-state index contributed by atoms with van der Waals surface area (Å²) < 4.78 is 0. The molecule has 2 bridgehead atoms. The van der Waals surface area contributed by atoms with Crippen LogP contribution in [0.15, 0.2) is 0 Å². The van der Waals surface area contributed by atoms with E-state index in [0.29, 0.717) is 10.8 Å². The molecule has 0 heterocycles. The lowest BCUT2D eigenvalue weighted by atomic mass is 9.50. The van der Waals surface area contributed by atoms with Gasteiger partial charge in [-0.15, -0.1) is 0 Å². The zero-order valence-corrected chi connectivity index (χ0v) is 11.0. The van der Waals surface area contributed by atoms with Gasteiger partial charge >= 0.3 is 0 Å². The lowest BCUT2D eigenvalue weighted by Crippen LogP contribution is -2.48. The first-order chi connectivity index (χ1) is 7.38. The van der Waals surface area contributed by atoms with E-state index < -0.39 is 0 Å². The molecule has 3 rings (SSSR count). The summed E-state index contributed by atoms with van der Waals surface area (Å²) in [6.45, 7) is 7.12. The van der Waals surface area contributed by atoms with E-state index in [1.807, 2.05) is 0 Å². The van der Waals surface area contributed by atoms with Crippen LogP contribution in [0.5, 0.6) is 0 Å². The summed E-state index contributed by atoms with van der Waals surface area (Å²) in [6.07, 6.45) is 8.49. The van der Waals surface area contributed by atoms with Crippen molar-refractivity contribution in [1.82, 2.24) is 0 Å². The first-order valence-electron chi connectivity index (χ1n) is 7.04. The third-order valence-corrected chi connectivity index (χ3v) is 6.21. The molecule has 0 N–H and O–H groups in total. The van der Waals surface area contributed by atoms with Gasteiger partial charge < -0.3 is 0 Å². The molecule has 0 aliphatic heterocycles. The minimum atomic E-state index is -0.271. The summed E-state index contributed by atoms with van der Waals surface area (Å²) in [5.74, 6) is 0.718. The molecule has 4 atom stereocenters. The lowest BCUT2D eigenvalue weighted by Gasteiger charge is -2.55. The molecule has 1 spiro atoms. The second kappa shape index (κ2) is 3.04. The van der Waals surface area contributed by atoms with E-state index in [1.165, 1.54) is 38.5 Å². The zero-order valence-electron chi connectivity index (χ0n) is 11.0. The molecule has 3 fully saturated rings. The summed E-state index contributed by atoms with van der Waals surface area (Å²) in [7, 11) is 0. The molecule has 16 heavy (non-hydrogen) atoms. The van der Waals surface area contributed by atoms with Gasteiger partial charge in [-0.3, -0.25) is 0 Å². The molecule has 3 aliphatic rings. The van der Waals surface area contributed by atoms with Crippen molar-refractivity contribution in [3.63, 3.8) is 0 Å². The minimum absolute atomic E-state index is 0.189. The Labute approximate surface area is 99.6 Å². The highest BCUT2D eigenvalue weighted by Crippen LogP contribution is 2.68. The van der Waals surface area contributed by atoms with Crippen LogP contribution in [-0.2, 0) is 5.11 Å². The van der Waals surface area contributed by atoms with Gasteiger partial charge in [-0.25, -0.2) is 5.11 Å². The van der Waals surface area contributed by atoms with Gasteiger partial charge in [0.15, 0.2) is 0 Å². The Kier molecular flexibility index (Phi) is 2.11. The van der Waals surface area contributed by atoms with Gasteiger partial charge in [0.25, 0.3) is 0 Å². The molecule has 3 saturated carbocycles. The Morgan fingerprint density at radius 3 is 2.56 bits per heavy atom. The largest absolute Gasteiger partial charge is 0.232 e. The van der Waals surface area contributed by atoms with Crippen LogP contribution in [0.2, 0.25) is 0 Å². The van der Waals surface area contributed by atoms with E-state index in [1.54, 1.807) is 0 Å². The minimum Gasteiger partial charge on any atom is -0.232 e. The maximum atomic E-state index is 12.6. The Morgan fingerprint density at radius 1 is 1.06 bits per heavy atom. The highest BCUT2D eigenvalue weighted by atomic mass is 16.3. The van der Waals surface area contributed by atoms with Crippen molar-refractivity contribution in [3.8, 4) is 0 Å². The first-order valence-corrected chi connectivity index (χ1v) is 7.04. The number of fused-ring (bicyclic) bond motifs is 1. The van der Waals surface area contributed by atoms with E-state index in [9.17, 15) is 5.11 Å². The molecule has 0 amide bonds. The molecular weight excluding hydrogens is 196 g/mol. The van der Waals surface area contributed by atoms with Crippen molar-refractivity contribution in [2.45, 2.75) is 71.8 Å². The van der Waals surface area contributed by atoms with Crippen molar-refractivity contribution in [3.05, 3.63) is 0 Å². The number of hydrogen-bond acceptors (Lipinski definition) is 0. The van der Waals surface area contributed by atoms with Crippen LogP contribution in [0.4, 0.5) is 0 Å². The molecule has 1 radical (unpaired) electrons. The van der Waals surface area contributed by atoms with Gasteiger partial charge in [0, 0.05) is 5.41 Å². The van der Waals surface area contributed by atoms with Crippen molar-refractivity contribution in [2.75, 3.05) is 0 Å². The van der Waals surface area contributed by atoms with Crippen LogP contribution in [0.1, 0.15) is 65.7 Å². The summed E-state index contributed by atoms with van der Waals surface area (Å²) in [4.78, 5) is 0. The third kappa shape index (κ3) is 1.27. The summed E-state index contributed by atoms with van der Waals surface area (Å²) in [6, 6.07) is 0. The van der Waals surface area contributed by atoms with Crippen LogP contribution >= 0.6 is 0 Å². The second-order valence-electron chi connectivity index (χ2n) is 7.85. The van der Waals surface area contributed by atoms with Gasteiger partial charge in [0.05, 0.1) is 6.10 Å². The van der Waals surface area contributed by atoms with Crippen molar-refractivity contribution >= 4 is 0 Å². The molecular formula is C15H25O. The highest BCUT2D eigenvalue weighted by Gasteiger charge is 2.63. The molecule has 1 nitrogen and oxygen atoms in total. The third-order valence-electron chi connectivity index (χ3n) is 6.21. The highest BCUT2D eigenvalue weighted by molar-refractivity contribution is 5.12. The standard InChI is InChI=1S/C15H25O/c1-13(2)9-12(16)15-7-4-6-14(3,10-15)8-5-11(13)15/h11-12H,4-10H2,1-3H3. The van der Waals surface area contributed by atoms with Gasteiger partial charge in [-0.05, 0) is 55.3 Å². The predicted octanol–water partition coefficient (Wildman–Crippen LogP) is 4.19. The maximum absolute atomic E-state index is 12.6. The average molecular weight is 221 g/mol. The Morgan fingerprint density at radius 2 is 1.81 bits per heavy atom. The van der Waals surface area contributed by atoms with E-state index in [-0.39, 0.29) is 11.5 Å². The van der Waals surface area contributed by atoms with E-state index in [4.69, 9.17) is 0 Å². The topological polar surface area (TPSA) is 19.9 Å². The van der Waals surface area contributed by atoms with Crippen LogP contribution < -0.4 is 0 Å². The molecule has 0 aromatic carbocycles. The van der Waals surface area contributed by atoms with E-state index in [0.717, 1.165) is 12.3 Å². The van der Waals surface area contributed by atoms with Gasteiger partial charge in [0.2, 0.25) is 0 Å². The monoisotopic (exact) mass is 221 g/mol. The Bertz CT molecular complexity index is 309. The predicted molar refractivity (Wildman–Crippen MR) is 64.6 cm³/mol. The fourth-order valence-corrected chi connectivity index (χ4v) is 5.60. The Balaban J connectivity index is 2.00.